The standard InChI is InChI=1S/C17H17Cl2N3O4S/c1-22(27(24,25)13-7-8-16(26-2)15(19)9-13)11-17(23)21-20-10-12-5-3-4-6-14(12)18/h3-10H,11H2,1-2H3,(H,21,23)/b20-10-. The Kier molecular flexibility index (Phi) is 7.20. The van der Waals surface area contributed by atoms with Crippen LogP contribution < -0.4 is 10.2 Å². The molecule has 0 aliphatic heterocycles. The molecule has 10 heteroatoms. The van der Waals surface area contributed by atoms with Crippen LogP contribution in [0, 0.1) is 0 Å². The van der Waals surface area contributed by atoms with Gasteiger partial charge < -0.3 is 4.74 Å². The molecule has 7 nitrogen and oxygen atoms in total. The molecule has 0 fully saturated rings. The van der Waals surface area contributed by atoms with Gasteiger partial charge in [0.2, 0.25) is 10.0 Å². The lowest BCUT2D eigenvalue weighted by Gasteiger charge is -2.16. The van der Waals surface area contributed by atoms with Crippen molar-refractivity contribution in [1.82, 2.24) is 9.73 Å². The molecule has 2 aromatic rings. The van der Waals surface area contributed by atoms with Gasteiger partial charge in [-0.2, -0.15) is 9.41 Å². The quantitative estimate of drug-likeness (QED) is 0.541. The number of ether oxygens (including phenoxy) is 1. The summed E-state index contributed by atoms with van der Waals surface area (Å²) in [6.45, 7) is -0.425. The van der Waals surface area contributed by atoms with E-state index in [-0.39, 0.29) is 9.92 Å². The number of hydrazone groups is 1. The third kappa shape index (κ3) is 5.43. The van der Waals surface area contributed by atoms with Crippen LogP contribution in [0.15, 0.2) is 52.5 Å². The number of carbonyl (C=O) groups is 1. The van der Waals surface area contributed by atoms with Crippen LogP contribution in [0.5, 0.6) is 5.75 Å². The maximum absolute atomic E-state index is 12.6. The van der Waals surface area contributed by atoms with E-state index in [0.717, 1.165) is 4.31 Å². The minimum absolute atomic E-state index is 0.0526. The number of rotatable bonds is 7. The molecule has 144 valence electrons. The molecule has 1 N–H and O–H groups in total. The summed E-state index contributed by atoms with van der Waals surface area (Å²) in [5.74, 6) is -0.256. The number of hydrogen-bond donors (Lipinski definition) is 1. The fraction of sp³-hybridized carbons (Fsp3) is 0.176. The van der Waals surface area contributed by atoms with E-state index in [1.807, 2.05) is 0 Å². The van der Waals surface area contributed by atoms with Gasteiger partial charge in [-0.3, -0.25) is 4.79 Å². The van der Waals surface area contributed by atoms with E-state index in [4.69, 9.17) is 27.9 Å². The van der Waals surface area contributed by atoms with Crippen molar-refractivity contribution in [2.45, 2.75) is 4.90 Å². The number of nitrogens with zero attached hydrogens (tertiary/aromatic N) is 2. The van der Waals surface area contributed by atoms with Crippen LogP contribution in [0.3, 0.4) is 0 Å². The molecular weight excluding hydrogens is 413 g/mol. The molecule has 0 bridgehead atoms. The van der Waals surface area contributed by atoms with E-state index in [0.29, 0.717) is 16.3 Å². The first-order chi connectivity index (χ1) is 12.8. The second-order valence-electron chi connectivity index (χ2n) is 5.37. The van der Waals surface area contributed by atoms with Crippen molar-refractivity contribution >= 4 is 45.3 Å². The number of benzene rings is 2. The second-order valence-corrected chi connectivity index (χ2v) is 8.23. The van der Waals surface area contributed by atoms with E-state index in [1.165, 1.54) is 38.6 Å². The molecule has 0 heterocycles. The van der Waals surface area contributed by atoms with Gasteiger partial charge in [0, 0.05) is 17.6 Å². The number of hydrogen-bond acceptors (Lipinski definition) is 5. The molecule has 27 heavy (non-hydrogen) atoms. The third-order valence-electron chi connectivity index (χ3n) is 3.50. The van der Waals surface area contributed by atoms with Crippen molar-refractivity contribution in [3.63, 3.8) is 0 Å². The lowest BCUT2D eigenvalue weighted by Crippen LogP contribution is -2.36. The van der Waals surface area contributed by atoms with Gasteiger partial charge in [0.15, 0.2) is 0 Å². The SMILES string of the molecule is COc1ccc(S(=O)(=O)N(C)CC(=O)N/N=C\c2ccccc2Cl)cc1Cl. The predicted octanol–water partition coefficient (Wildman–Crippen LogP) is 2.77. The summed E-state index contributed by atoms with van der Waals surface area (Å²) in [5, 5.41) is 4.41. The Morgan fingerprint density at radius 2 is 1.93 bits per heavy atom. The number of nitrogens with one attached hydrogen (secondary N) is 1. The maximum atomic E-state index is 12.6. The molecule has 0 saturated carbocycles. The molecule has 0 radical (unpaired) electrons. The number of amides is 1. The molecule has 0 aromatic heterocycles. The zero-order chi connectivity index (χ0) is 20.0. The van der Waals surface area contributed by atoms with Gasteiger partial charge in [-0.1, -0.05) is 41.4 Å². The topological polar surface area (TPSA) is 88.1 Å². The van der Waals surface area contributed by atoms with E-state index in [2.05, 4.69) is 10.5 Å². The van der Waals surface area contributed by atoms with Crippen molar-refractivity contribution in [1.29, 1.82) is 0 Å². The van der Waals surface area contributed by atoms with Crippen LogP contribution in [0.25, 0.3) is 0 Å². The Morgan fingerprint density at radius 1 is 1.22 bits per heavy atom. The molecule has 1 amide bonds. The van der Waals surface area contributed by atoms with Gasteiger partial charge >= 0.3 is 0 Å². The van der Waals surface area contributed by atoms with Crippen molar-refractivity contribution < 1.29 is 17.9 Å². The number of sulfonamides is 1. The lowest BCUT2D eigenvalue weighted by molar-refractivity contribution is -0.121. The van der Waals surface area contributed by atoms with Gasteiger partial charge in [-0.05, 0) is 24.3 Å². The smallest absolute Gasteiger partial charge is 0.255 e. The van der Waals surface area contributed by atoms with E-state index >= 15 is 0 Å². The average Bonchev–Trinajstić information content (AvgIpc) is 2.63. The zero-order valence-corrected chi connectivity index (χ0v) is 16.8. The van der Waals surface area contributed by atoms with Crippen LogP contribution in [0.1, 0.15) is 5.56 Å². The van der Waals surface area contributed by atoms with Gasteiger partial charge in [-0.15, -0.1) is 0 Å². The fourth-order valence-corrected chi connectivity index (χ4v) is 3.72. The van der Waals surface area contributed by atoms with Crippen LogP contribution in [0.4, 0.5) is 0 Å². The molecule has 0 unspecified atom stereocenters. The highest BCUT2D eigenvalue weighted by Crippen LogP contribution is 2.28. The molecule has 0 aliphatic carbocycles. The first-order valence-electron chi connectivity index (χ1n) is 7.62. The van der Waals surface area contributed by atoms with Crippen LogP contribution in [-0.2, 0) is 14.8 Å². The number of halogens is 2. The zero-order valence-electron chi connectivity index (χ0n) is 14.5. The second kappa shape index (κ2) is 9.18. The summed E-state index contributed by atoms with van der Waals surface area (Å²) in [5.41, 5.74) is 2.88. The normalized spacial score (nSPS) is 11.7. The Balaban J connectivity index is 2.02. The maximum Gasteiger partial charge on any atom is 0.255 e. The molecule has 2 aromatic carbocycles. The van der Waals surface area contributed by atoms with Gasteiger partial charge in [0.05, 0.1) is 29.8 Å². The Hall–Kier alpha value is -2.13. The van der Waals surface area contributed by atoms with Crippen LogP contribution in [-0.4, -0.2) is 45.5 Å². The summed E-state index contributed by atoms with van der Waals surface area (Å²) in [6, 6.07) is 11.0. The molecule has 0 spiro atoms. The number of likely N-dealkylation sites (N-methyl/N-ethyl adjacent to an activating group) is 1. The Morgan fingerprint density at radius 3 is 2.56 bits per heavy atom. The Labute approximate surface area is 167 Å². The fourth-order valence-electron chi connectivity index (χ4n) is 2.06. The van der Waals surface area contributed by atoms with Crippen LogP contribution in [0.2, 0.25) is 10.0 Å². The highest BCUT2D eigenvalue weighted by Gasteiger charge is 2.23. The molecule has 0 atom stereocenters. The van der Waals surface area contributed by atoms with E-state index < -0.39 is 22.5 Å². The predicted molar refractivity (Wildman–Crippen MR) is 105 cm³/mol. The molecule has 0 aliphatic rings. The highest BCUT2D eigenvalue weighted by atomic mass is 35.5. The van der Waals surface area contributed by atoms with Crippen molar-refractivity contribution in [3.05, 3.63) is 58.1 Å². The molecule has 0 saturated heterocycles. The number of methoxy groups -OCH3 is 1. The minimum atomic E-state index is -3.91. The minimum Gasteiger partial charge on any atom is -0.495 e. The highest BCUT2D eigenvalue weighted by molar-refractivity contribution is 7.89. The van der Waals surface area contributed by atoms with Gasteiger partial charge in [-0.25, -0.2) is 13.8 Å². The van der Waals surface area contributed by atoms with Crippen molar-refractivity contribution in [2.24, 2.45) is 5.10 Å². The third-order valence-corrected chi connectivity index (χ3v) is 5.93. The first kappa shape index (κ1) is 21.2. The lowest BCUT2D eigenvalue weighted by atomic mass is 10.2. The number of carbonyl (C=O) groups excluding carboxylic acids is 1. The van der Waals surface area contributed by atoms with Gasteiger partial charge in [0.25, 0.3) is 5.91 Å². The van der Waals surface area contributed by atoms with Crippen molar-refractivity contribution in [2.75, 3.05) is 20.7 Å². The monoisotopic (exact) mass is 429 g/mol. The van der Waals surface area contributed by atoms with Crippen LogP contribution >= 0.6 is 23.2 Å². The summed E-state index contributed by atoms with van der Waals surface area (Å²) < 4.78 is 31.0. The summed E-state index contributed by atoms with van der Waals surface area (Å²) in [6.07, 6.45) is 1.37. The average molecular weight is 430 g/mol. The van der Waals surface area contributed by atoms with Crippen molar-refractivity contribution in [3.8, 4) is 5.75 Å². The van der Waals surface area contributed by atoms with E-state index in [1.54, 1.807) is 24.3 Å². The van der Waals surface area contributed by atoms with E-state index in [9.17, 15) is 13.2 Å². The summed E-state index contributed by atoms with van der Waals surface area (Å²) in [7, 11) is -1.20. The molecule has 2 rings (SSSR count). The Bertz CT molecular complexity index is 964. The van der Waals surface area contributed by atoms with Gasteiger partial charge in [0.1, 0.15) is 5.75 Å². The summed E-state index contributed by atoms with van der Waals surface area (Å²) in [4.78, 5) is 11.9. The molecular formula is C17H17Cl2N3O4S. The first-order valence-corrected chi connectivity index (χ1v) is 9.81. The summed E-state index contributed by atoms with van der Waals surface area (Å²) >= 11 is 11.9. The largest absolute Gasteiger partial charge is 0.495 e.